The first kappa shape index (κ1) is 20.6. The maximum absolute atomic E-state index is 14.3. The van der Waals surface area contributed by atoms with E-state index in [1.807, 2.05) is 49.4 Å². The number of nitrogens with zero attached hydrogens (tertiary/aromatic N) is 3. The number of carbonyl (C=O) groups is 1. The molecule has 1 aliphatic heterocycles. The number of aromatic nitrogens is 3. The Morgan fingerprint density at radius 1 is 0.914 bits per heavy atom. The zero-order chi connectivity index (χ0) is 24.2. The van der Waals surface area contributed by atoms with Crippen LogP contribution in [0.15, 0.2) is 42.5 Å². The number of aryl methyl sites for hydroxylation is 1. The van der Waals surface area contributed by atoms with Crippen molar-refractivity contribution < 1.29 is 14.3 Å². The number of hydrogen-bond donors (Lipinski definition) is 1. The first-order chi connectivity index (χ1) is 16.7. The number of carbonyl (C=O) groups excluding carboxylic acids is 1. The molecular formula is C28H26N4O3. The SMILES string of the molecule is Cc1ccc2cccc(NC(=O)C34CCC(C)(c5nc6cc7c(cc6nc53)OCO7)C4(C)C)c2n1. The molecule has 2 atom stereocenters. The van der Waals surface area contributed by atoms with Crippen LogP contribution in [0.3, 0.4) is 0 Å². The minimum Gasteiger partial charge on any atom is -0.454 e. The number of anilines is 1. The standard InChI is InChI=1S/C28H26N4O3/c1-15-8-9-16-6-5-7-17(22(16)29-15)32-25(33)28-11-10-27(4,26(28,2)3)23-24(28)31-19-13-21-20(34-14-35-21)12-18(19)30-23/h5-9,12-13H,10-11,14H2,1-4H3,(H,32,33). The van der Waals surface area contributed by atoms with E-state index in [1.165, 1.54) is 0 Å². The van der Waals surface area contributed by atoms with Crippen LogP contribution < -0.4 is 14.8 Å². The summed E-state index contributed by atoms with van der Waals surface area (Å²) in [6, 6.07) is 13.7. The third-order valence-corrected chi connectivity index (χ3v) is 9.03. The van der Waals surface area contributed by atoms with E-state index in [4.69, 9.17) is 24.4 Å². The van der Waals surface area contributed by atoms with E-state index in [0.29, 0.717) is 11.5 Å². The molecule has 0 saturated heterocycles. The molecule has 35 heavy (non-hydrogen) atoms. The molecule has 1 saturated carbocycles. The van der Waals surface area contributed by atoms with Gasteiger partial charge >= 0.3 is 0 Å². The van der Waals surface area contributed by atoms with Crippen molar-refractivity contribution in [3.05, 3.63) is 59.5 Å². The fraction of sp³-hybridized carbons (Fsp3) is 0.357. The summed E-state index contributed by atoms with van der Waals surface area (Å²) in [7, 11) is 0. The highest BCUT2D eigenvalue weighted by Crippen LogP contribution is 2.70. The fourth-order valence-electron chi connectivity index (χ4n) is 6.57. The Hall–Kier alpha value is -3.74. The van der Waals surface area contributed by atoms with Crippen molar-refractivity contribution in [1.82, 2.24) is 15.0 Å². The molecule has 2 aromatic heterocycles. The zero-order valence-electron chi connectivity index (χ0n) is 20.2. The van der Waals surface area contributed by atoms with Gasteiger partial charge in [-0.15, -0.1) is 0 Å². The van der Waals surface area contributed by atoms with Crippen LogP contribution in [-0.4, -0.2) is 27.7 Å². The van der Waals surface area contributed by atoms with Crippen LogP contribution in [0.25, 0.3) is 21.9 Å². The molecule has 1 N–H and O–H groups in total. The van der Waals surface area contributed by atoms with Gasteiger partial charge in [0, 0.05) is 28.6 Å². The highest BCUT2D eigenvalue weighted by Gasteiger charge is 2.73. The van der Waals surface area contributed by atoms with Crippen molar-refractivity contribution in [2.75, 3.05) is 12.1 Å². The van der Waals surface area contributed by atoms with E-state index in [1.54, 1.807) is 0 Å². The van der Waals surface area contributed by atoms with Gasteiger partial charge in [0.15, 0.2) is 11.5 Å². The fourth-order valence-corrected chi connectivity index (χ4v) is 6.57. The number of benzene rings is 2. The molecule has 1 fully saturated rings. The third-order valence-electron chi connectivity index (χ3n) is 9.03. The molecular weight excluding hydrogens is 440 g/mol. The van der Waals surface area contributed by atoms with Crippen molar-refractivity contribution >= 4 is 33.5 Å². The Bertz CT molecular complexity index is 1600. The largest absolute Gasteiger partial charge is 0.454 e. The van der Waals surface area contributed by atoms with Crippen LogP contribution in [0, 0.1) is 12.3 Å². The molecule has 7 heteroatoms. The second-order valence-corrected chi connectivity index (χ2v) is 10.8. The summed E-state index contributed by atoms with van der Waals surface area (Å²) >= 11 is 0. The first-order valence-corrected chi connectivity index (χ1v) is 12.0. The van der Waals surface area contributed by atoms with Gasteiger partial charge in [-0.1, -0.05) is 39.0 Å². The summed E-state index contributed by atoms with van der Waals surface area (Å²) < 4.78 is 11.1. The average Bonchev–Trinajstić information content (AvgIpc) is 3.41. The Labute approximate surface area is 202 Å². The van der Waals surface area contributed by atoms with Crippen molar-refractivity contribution in [3.8, 4) is 11.5 Å². The van der Waals surface area contributed by atoms with Crippen molar-refractivity contribution in [1.29, 1.82) is 0 Å². The molecule has 7 rings (SSSR count). The monoisotopic (exact) mass is 466 g/mol. The number of rotatable bonds is 2. The van der Waals surface area contributed by atoms with E-state index in [-0.39, 0.29) is 23.5 Å². The summed E-state index contributed by atoms with van der Waals surface area (Å²) in [6.45, 7) is 8.75. The van der Waals surface area contributed by atoms with E-state index >= 15 is 0 Å². The molecule has 7 nitrogen and oxygen atoms in total. The predicted molar refractivity (Wildman–Crippen MR) is 133 cm³/mol. The van der Waals surface area contributed by atoms with Crippen LogP contribution in [0.4, 0.5) is 5.69 Å². The summed E-state index contributed by atoms with van der Waals surface area (Å²) in [5, 5.41) is 4.26. The topological polar surface area (TPSA) is 86.2 Å². The summed E-state index contributed by atoms with van der Waals surface area (Å²) in [5.41, 5.74) is 4.15. The minimum absolute atomic E-state index is 0.0461. The smallest absolute Gasteiger partial charge is 0.237 e. The molecule has 0 spiro atoms. The Balaban J connectivity index is 1.41. The van der Waals surface area contributed by atoms with E-state index < -0.39 is 5.41 Å². The van der Waals surface area contributed by atoms with Crippen LogP contribution in [0.5, 0.6) is 11.5 Å². The maximum atomic E-state index is 14.3. The van der Waals surface area contributed by atoms with Gasteiger partial charge in [0.25, 0.3) is 0 Å². The quantitative estimate of drug-likeness (QED) is 0.438. The third kappa shape index (κ3) is 2.40. The van der Waals surface area contributed by atoms with E-state index in [2.05, 4.69) is 26.1 Å². The highest BCUT2D eigenvalue weighted by atomic mass is 16.7. The first-order valence-electron chi connectivity index (χ1n) is 12.0. The van der Waals surface area contributed by atoms with Gasteiger partial charge in [0.1, 0.15) is 0 Å². The summed E-state index contributed by atoms with van der Waals surface area (Å²) in [4.78, 5) is 29.2. The van der Waals surface area contributed by atoms with Crippen LogP contribution in [0.2, 0.25) is 0 Å². The van der Waals surface area contributed by atoms with Crippen LogP contribution in [-0.2, 0) is 15.6 Å². The lowest BCUT2D eigenvalue weighted by Gasteiger charge is -2.39. The number of para-hydroxylation sites is 1. The van der Waals surface area contributed by atoms with Crippen LogP contribution >= 0.6 is 0 Å². The molecule has 2 aliphatic carbocycles. The lowest BCUT2D eigenvalue weighted by molar-refractivity contribution is -0.125. The molecule has 2 unspecified atom stereocenters. The van der Waals surface area contributed by atoms with Gasteiger partial charge in [-0.3, -0.25) is 9.78 Å². The Kier molecular flexibility index (Phi) is 3.81. The molecule has 3 aliphatic rings. The highest BCUT2D eigenvalue weighted by molar-refractivity contribution is 6.06. The van der Waals surface area contributed by atoms with E-state index in [0.717, 1.165) is 57.5 Å². The molecule has 3 heterocycles. The van der Waals surface area contributed by atoms with Crippen LogP contribution in [0.1, 0.15) is 50.7 Å². The molecule has 2 bridgehead atoms. The molecule has 1 amide bonds. The van der Waals surface area contributed by atoms with Gasteiger partial charge in [0.2, 0.25) is 12.7 Å². The van der Waals surface area contributed by atoms with Crippen molar-refractivity contribution in [2.45, 2.75) is 51.4 Å². The molecule has 0 radical (unpaired) electrons. The predicted octanol–water partition coefficient (Wildman–Crippen LogP) is 5.18. The number of ether oxygens (including phenoxy) is 2. The summed E-state index contributed by atoms with van der Waals surface area (Å²) in [6.07, 6.45) is 1.59. The number of pyridine rings is 1. The van der Waals surface area contributed by atoms with Gasteiger partial charge in [-0.25, -0.2) is 9.97 Å². The maximum Gasteiger partial charge on any atom is 0.237 e. The Morgan fingerprint density at radius 3 is 2.37 bits per heavy atom. The zero-order valence-corrected chi connectivity index (χ0v) is 20.2. The average molecular weight is 467 g/mol. The van der Waals surface area contributed by atoms with Gasteiger partial charge in [-0.2, -0.15) is 0 Å². The number of amides is 1. The van der Waals surface area contributed by atoms with Gasteiger partial charge in [-0.05, 0) is 37.3 Å². The second-order valence-electron chi connectivity index (χ2n) is 10.8. The molecule has 4 aromatic rings. The molecule has 2 aromatic carbocycles. The lowest BCUT2D eigenvalue weighted by Crippen LogP contribution is -2.48. The number of hydrogen-bond acceptors (Lipinski definition) is 6. The number of nitrogens with one attached hydrogen (secondary N) is 1. The Morgan fingerprint density at radius 2 is 1.63 bits per heavy atom. The summed E-state index contributed by atoms with van der Waals surface area (Å²) in [5.74, 6) is 1.30. The van der Waals surface area contributed by atoms with Crippen molar-refractivity contribution in [3.63, 3.8) is 0 Å². The number of fused-ring (bicyclic) bond motifs is 8. The second kappa shape index (κ2) is 6.47. The normalized spacial score (nSPS) is 25.3. The van der Waals surface area contributed by atoms with Crippen molar-refractivity contribution in [2.24, 2.45) is 5.41 Å². The van der Waals surface area contributed by atoms with E-state index in [9.17, 15) is 4.79 Å². The minimum atomic E-state index is -0.805. The lowest BCUT2D eigenvalue weighted by atomic mass is 9.63. The van der Waals surface area contributed by atoms with Gasteiger partial charge < -0.3 is 14.8 Å². The molecule has 176 valence electrons. The van der Waals surface area contributed by atoms with Gasteiger partial charge in [0.05, 0.1) is 39.0 Å².